The third-order valence-electron chi connectivity index (χ3n) is 5.54. The Balaban J connectivity index is 1.48. The van der Waals surface area contributed by atoms with E-state index in [1.54, 1.807) is 31.8 Å². The van der Waals surface area contributed by atoms with Crippen LogP contribution < -0.4 is 9.75 Å². The van der Waals surface area contributed by atoms with Crippen LogP contribution in [0.1, 0.15) is 18.2 Å². The van der Waals surface area contributed by atoms with Gasteiger partial charge in [-0.3, -0.25) is 10.0 Å². The van der Waals surface area contributed by atoms with Gasteiger partial charge in [0.15, 0.2) is 11.6 Å². The first kappa shape index (κ1) is 20.8. The number of rotatable bonds is 4. The van der Waals surface area contributed by atoms with Crippen LogP contribution in [-0.2, 0) is 4.74 Å². The lowest BCUT2D eigenvalue weighted by Gasteiger charge is -2.43. The maximum absolute atomic E-state index is 13.5. The molecule has 1 saturated heterocycles. The average Bonchev–Trinajstić information content (AvgIpc) is 3.26. The van der Waals surface area contributed by atoms with Crippen LogP contribution >= 0.6 is 0 Å². The zero-order chi connectivity index (χ0) is 22.9. The summed E-state index contributed by atoms with van der Waals surface area (Å²) in [5.74, 6) is 1.82. The predicted octanol–water partition coefficient (Wildman–Crippen LogP) is 4.70. The lowest BCUT2D eigenvalue weighted by Crippen LogP contribution is -2.52. The first-order valence-electron chi connectivity index (χ1n) is 10.6. The second kappa shape index (κ2) is 8.46. The highest BCUT2D eigenvalue weighted by atomic mass is 19.1. The Kier molecular flexibility index (Phi) is 5.34. The van der Waals surface area contributed by atoms with E-state index >= 15 is 0 Å². The van der Waals surface area contributed by atoms with E-state index in [1.807, 2.05) is 53.9 Å². The molecule has 8 heteroatoms. The van der Waals surface area contributed by atoms with Crippen molar-refractivity contribution >= 4 is 17.6 Å². The molecule has 0 atom stereocenters. The van der Waals surface area contributed by atoms with Gasteiger partial charge in [-0.25, -0.2) is 14.4 Å². The lowest BCUT2D eigenvalue weighted by atomic mass is 10.1. The molecule has 0 N–H and O–H groups in total. The largest absolute Gasteiger partial charge is 0.495 e. The molecule has 1 fully saturated rings. The number of aliphatic imine (C=N–C) groups is 1. The van der Waals surface area contributed by atoms with Crippen LogP contribution in [0.4, 0.5) is 10.1 Å². The highest BCUT2D eigenvalue weighted by Gasteiger charge is 2.31. The minimum Gasteiger partial charge on any atom is -0.495 e. The van der Waals surface area contributed by atoms with Crippen molar-refractivity contribution in [2.75, 3.05) is 25.3 Å². The quantitative estimate of drug-likeness (QED) is 0.583. The zero-order valence-electron chi connectivity index (χ0n) is 18.7. The van der Waals surface area contributed by atoms with Gasteiger partial charge in [0.1, 0.15) is 18.2 Å². The Morgan fingerprint density at radius 3 is 2.67 bits per heavy atom. The maximum atomic E-state index is 13.5. The number of amidine groups is 1. The van der Waals surface area contributed by atoms with Gasteiger partial charge in [0, 0.05) is 6.20 Å². The van der Waals surface area contributed by atoms with Crippen molar-refractivity contribution in [3.8, 4) is 11.4 Å². The van der Waals surface area contributed by atoms with Crippen molar-refractivity contribution in [1.29, 1.82) is 0 Å². The Morgan fingerprint density at radius 2 is 1.94 bits per heavy atom. The monoisotopic (exact) mass is 445 g/mol. The molecule has 0 bridgehead atoms. The molecule has 0 amide bonds. The fraction of sp³-hybridized carbons (Fsp3) is 0.200. The molecule has 3 heterocycles. The van der Waals surface area contributed by atoms with E-state index in [0.29, 0.717) is 24.7 Å². The number of benzene rings is 2. The van der Waals surface area contributed by atoms with Crippen molar-refractivity contribution in [3.63, 3.8) is 0 Å². The van der Waals surface area contributed by atoms with Crippen LogP contribution in [0.15, 0.2) is 77.6 Å². The van der Waals surface area contributed by atoms with E-state index in [0.717, 1.165) is 34.1 Å². The summed E-state index contributed by atoms with van der Waals surface area (Å²) in [5.41, 5.74) is 4.56. The number of nitrogens with zero attached hydrogens (tertiary/aromatic N) is 5. The summed E-state index contributed by atoms with van der Waals surface area (Å²) in [5, 5.41) is 4.08. The number of methoxy groups -OCH3 is 1. The Morgan fingerprint density at radius 1 is 1.12 bits per heavy atom. The molecular formula is C25H24FN5O2. The first-order chi connectivity index (χ1) is 16.0. The van der Waals surface area contributed by atoms with Crippen molar-refractivity contribution < 1.29 is 13.9 Å². The van der Waals surface area contributed by atoms with Gasteiger partial charge in [-0.05, 0) is 61.9 Å². The minimum atomic E-state index is -0.267. The van der Waals surface area contributed by atoms with Gasteiger partial charge in [-0.15, -0.1) is 0 Å². The number of fused-ring (bicyclic) bond motifs is 1. The molecule has 2 aliphatic rings. The number of aryl methyl sites for hydroxylation is 1. The molecule has 5 rings (SSSR count). The Bertz CT molecular complexity index is 1280. The molecule has 2 aromatic carbocycles. The van der Waals surface area contributed by atoms with Gasteiger partial charge >= 0.3 is 0 Å². The number of hydrazine groups is 1. The van der Waals surface area contributed by atoms with Crippen molar-refractivity contribution in [2.45, 2.75) is 13.8 Å². The summed E-state index contributed by atoms with van der Waals surface area (Å²) in [6.07, 6.45) is 7.47. The van der Waals surface area contributed by atoms with Gasteiger partial charge in [0.25, 0.3) is 0 Å². The molecule has 0 radical (unpaired) electrons. The van der Waals surface area contributed by atoms with Gasteiger partial charge < -0.3 is 14.0 Å². The highest BCUT2D eigenvalue weighted by Crippen LogP contribution is 2.31. The second-order valence-corrected chi connectivity index (χ2v) is 7.85. The summed E-state index contributed by atoms with van der Waals surface area (Å²) in [4.78, 5) is 8.94. The smallest absolute Gasteiger partial charge is 0.190 e. The molecule has 2 aliphatic heterocycles. The molecule has 33 heavy (non-hydrogen) atoms. The van der Waals surface area contributed by atoms with Crippen LogP contribution in [0, 0.1) is 12.7 Å². The SMILES string of the molecule is COc1cc(/C=C2\OCCN3C2=NC=C(C)N3c2ccc(F)cc2)ccc1-n1cnc(C)c1. The van der Waals surface area contributed by atoms with E-state index in [2.05, 4.69) is 15.0 Å². The Hall–Kier alpha value is -4.07. The van der Waals surface area contributed by atoms with Crippen LogP contribution in [0.25, 0.3) is 11.8 Å². The molecule has 168 valence electrons. The summed E-state index contributed by atoms with van der Waals surface area (Å²) in [6.45, 7) is 5.05. The van der Waals surface area contributed by atoms with Crippen molar-refractivity contribution in [3.05, 3.63) is 89.7 Å². The summed E-state index contributed by atoms with van der Waals surface area (Å²) >= 11 is 0. The van der Waals surface area contributed by atoms with Crippen LogP contribution in [-0.4, -0.2) is 40.7 Å². The number of ether oxygens (including phenoxy) is 2. The molecule has 0 unspecified atom stereocenters. The fourth-order valence-electron chi connectivity index (χ4n) is 4.00. The average molecular weight is 445 g/mol. The van der Waals surface area contributed by atoms with Crippen LogP contribution in [0.2, 0.25) is 0 Å². The second-order valence-electron chi connectivity index (χ2n) is 7.85. The number of halogens is 1. The van der Waals surface area contributed by atoms with E-state index in [4.69, 9.17) is 9.47 Å². The van der Waals surface area contributed by atoms with E-state index in [1.165, 1.54) is 12.1 Å². The highest BCUT2D eigenvalue weighted by molar-refractivity contribution is 6.02. The molecule has 1 aromatic heterocycles. The summed E-state index contributed by atoms with van der Waals surface area (Å²) < 4.78 is 27.0. The normalized spacial score (nSPS) is 16.8. The number of hydrogen-bond acceptors (Lipinski definition) is 6. The van der Waals surface area contributed by atoms with Crippen LogP contribution in [0.3, 0.4) is 0 Å². The van der Waals surface area contributed by atoms with Gasteiger partial charge in [0.05, 0.1) is 48.9 Å². The van der Waals surface area contributed by atoms with Gasteiger partial charge in [-0.1, -0.05) is 6.07 Å². The third kappa shape index (κ3) is 3.95. The number of hydrogen-bond donors (Lipinski definition) is 0. The summed E-state index contributed by atoms with van der Waals surface area (Å²) in [6, 6.07) is 12.4. The topological polar surface area (TPSA) is 55.1 Å². The minimum absolute atomic E-state index is 0.267. The standard InChI is InChI=1S/C25H24FN5O2/c1-17-15-29(16-28-17)22-9-4-19(12-23(22)32-3)13-24-25-27-14-18(2)31(30(25)10-11-33-24)21-7-5-20(26)6-8-21/h4-9,12-16H,10-11H2,1-3H3/b24-13-. The third-order valence-corrected chi connectivity index (χ3v) is 5.54. The lowest BCUT2D eigenvalue weighted by molar-refractivity contribution is 0.167. The molecule has 0 saturated carbocycles. The molecule has 7 nitrogen and oxygen atoms in total. The maximum Gasteiger partial charge on any atom is 0.190 e. The van der Waals surface area contributed by atoms with Crippen molar-refractivity contribution in [2.24, 2.45) is 4.99 Å². The number of morpholine rings is 1. The van der Waals surface area contributed by atoms with Gasteiger partial charge in [0.2, 0.25) is 0 Å². The Labute approximate surface area is 191 Å². The van der Waals surface area contributed by atoms with Gasteiger partial charge in [-0.2, -0.15) is 0 Å². The molecule has 0 aliphatic carbocycles. The number of anilines is 1. The van der Waals surface area contributed by atoms with E-state index < -0.39 is 0 Å². The fourth-order valence-corrected chi connectivity index (χ4v) is 4.00. The zero-order valence-corrected chi connectivity index (χ0v) is 18.7. The predicted molar refractivity (Wildman–Crippen MR) is 126 cm³/mol. The first-order valence-corrected chi connectivity index (χ1v) is 10.6. The summed E-state index contributed by atoms with van der Waals surface area (Å²) in [7, 11) is 1.65. The van der Waals surface area contributed by atoms with Crippen molar-refractivity contribution in [1.82, 2.24) is 14.6 Å². The number of imidazole rings is 1. The molecule has 0 spiro atoms. The van der Waals surface area contributed by atoms with E-state index in [9.17, 15) is 4.39 Å². The molecular weight excluding hydrogens is 421 g/mol. The van der Waals surface area contributed by atoms with E-state index in [-0.39, 0.29) is 5.82 Å². The molecule has 3 aromatic rings. The number of aromatic nitrogens is 2. The van der Waals surface area contributed by atoms with Crippen LogP contribution in [0.5, 0.6) is 5.75 Å². The number of allylic oxidation sites excluding steroid dienone is 1.